The van der Waals surface area contributed by atoms with Gasteiger partial charge in [0.05, 0.1) is 23.4 Å². The van der Waals surface area contributed by atoms with Gasteiger partial charge in [0.1, 0.15) is 5.75 Å². The Balaban J connectivity index is 1.46. The van der Waals surface area contributed by atoms with Crippen LogP contribution in [0.5, 0.6) is 5.75 Å². The minimum absolute atomic E-state index is 0.0184. The molecule has 2 unspecified atom stereocenters. The summed E-state index contributed by atoms with van der Waals surface area (Å²) < 4.78 is 0. The van der Waals surface area contributed by atoms with Crippen molar-refractivity contribution in [1.82, 2.24) is 9.91 Å². The lowest BCUT2D eigenvalue weighted by atomic mass is 9.77. The third kappa shape index (κ3) is 4.88. The zero-order valence-electron chi connectivity index (χ0n) is 19.3. The molecule has 4 rings (SSSR count). The Hall–Kier alpha value is -2.94. The smallest absolute Gasteiger partial charge is 0.306 e. The number of carboxylic acid groups (broad SMARTS) is 1. The van der Waals surface area contributed by atoms with Gasteiger partial charge < -0.3 is 15.1 Å². The van der Waals surface area contributed by atoms with Gasteiger partial charge in [0.25, 0.3) is 5.91 Å². The van der Waals surface area contributed by atoms with Crippen molar-refractivity contribution in [1.29, 1.82) is 0 Å². The van der Waals surface area contributed by atoms with Crippen molar-refractivity contribution in [2.75, 3.05) is 25.1 Å². The van der Waals surface area contributed by atoms with Gasteiger partial charge in [-0.1, -0.05) is 25.5 Å². The van der Waals surface area contributed by atoms with Crippen LogP contribution in [0.4, 0.5) is 5.69 Å². The Bertz CT molecular complexity index is 968. The molecule has 0 aromatic heterocycles. The number of rotatable bonds is 6. The summed E-state index contributed by atoms with van der Waals surface area (Å²) in [5.41, 5.74) is 4.78. The Labute approximate surface area is 194 Å². The number of hydrogen-bond acceptors (Lipinski definition) is 7. The number of piperidine rings is 1. The molecular weight excluding hydrogens is 422 g/mol. The fourth-order valence-corrected chi connectivity index (χ4v) is 5.17. The number of amides is 1. The van der Waals surface area contributed by atoms with E-state index in [2.05, 4.69) is 27.5 Å². The zero-order valence-corrected chi connectivity index (χ0v) is 19.3. The summed E-state index contributed by atoms with van der Waals surface area (Å²) in [5, 5.41) is 30.6. The molecule has 3 aliphatic rings. The maximum absolute atomic E-state index is 13.0. The molecule has 1 saturated carbocycles. The van der Waals surface area contributed by atoms with Crippen LogP contribution in [-0.4, -0.2) is 69.1 Å². The van der Waals surface area contributed by atoms with Crippen molar-refractivity contribution < 1.29 is 19.8 Å². The second-order valence-electron chi connectivity index (χ2n) is 9.21. The number of nitrogens with zero attached hydrogens (tertiary/aromatic N) is 4. The summed E-state index contributed by atoms with van der Waals surface area (Å²) in [6, 6.07) is 5.42. The third-order valence-corrected chi connectivity index (χ3v) is 7.18. The zero-order chi connectivity index (χ0) is 23.5. The Morgan fingerprint density at radius 3 is 2.70 bits per heavy atom. The molecule has 2 aliphatic heterocycles. The minimum atomic E-state index is -0.778. The number of aromatic hydroxyl groups is 1. The van der Waals surface area contributed by atoms with Crippen molar-refractivity contribution in [2.45, 2.75) is 64.3 Å². The van der Waals surface area contributed by atoms with E-state index in [1.165, 1.54) is 0 Å². The first-order valence-electron chi connectivity index (χ1n) is 11.9. The van der Waals surface area contributed by atoms with Crippen LogP contribution in [0, 0.1) is 5.92 Å². The van der Waals surface area contributed by atoms with E-state index >= 15 is 0 Å². The average Bonchev–Trinajstić information content (AvgIpc) is 3.11. The number of phenols is 1. The number of phenolic OH excluding ortho intramolecular Hbond substituents is 1. The highest BCUT2D eigenvalue weighted by Crippen LogP contribution is 2.42. The van der Waals surface area contributed by atoms with Gasteiger partial charge in [-0.05, 0) is 63.1 Å². The first-order valence-corrected chi connectivity index (χ1v) is 11.9. The number of aliphatic carboxylic acids is 1. The van der Waals surface area contributed by atoms with Gasteiger partial charge in [-0.2, -0.15) is 10.2 Å². The van der Waals surface area contributed by atoms with E-state index in [4.69, 9.17) is 0 Å². The fourth-order valence-electron chi connectivity index (χ4n) is 5.17. The van der Waals surface area contributed by atoms with Gasteiger partial charge in [0, 0.05) is 13.1 Å². The van der Waals surface area contributed by atoms with E-state index in [1.807, 2.05) is 12.1 Å². The predicted molar refractivity (Wildman–Crippen MR) is 127 cm³/mol. The van der Waals surface area contributed by atoms with Crippen molar-refractivity contribution in [3.05, 3.63) is 23.8 Å². The van der Waals surface area contributed by atoms with Crippen LogP contribution in [0.1, 0.15) is 63.9 Å². The number of carbonyl (C=O) groups excluding carboxylic acids is 1. The van der Waals surface area contributed by atoms with E-state index in [0.29, 0.717) is 24.2 Å². The number of hydrogen-bond donors (Lipinski definition) is 3. The number of benzene rings is 1. The minimum Gasteiger partial charge on any atom is -0.505 e. The molecule has 0 bridgehead atoms. The average molecular weight is 456 g/mol. The van der Waals surface area contributed by atoms with Crippen LogP contribution < -0.4 is 5.43 Å². The maximum atomic E-state index is 13.0. The number of nitrogens with one attached hydrogen (secondary N) is 1. The van der Waals surface area contributed by atoms with E-state index in [0.717, 1.165) is 50.9 Å². The quantitative estimate of drug-likeness (QED) is 0.448. The molecule has 0 radical (unpaired) electrons. The molecule has 3 N–H and O–H groups in total. The Kier molecular flexibility index (Phi) is 6.97. The molecule has 2 fully saturated rings. The van der Waals surface area contributed by atoms with Gasteiger partial charge in [-0.25, -0.2) is 5.01 Å². The first kappa shape index (κ1) is 23.2. The highest BCUT2D eigenvalue weighted by Gasteiger charge is 2.36. The van der Waals surface area contributed by atoms with E-state index in [-0.39, 0.29) is 35.2 Å². The SMILES string of the molecule is CCN1CCC(N2N=C(C)C(=NNc3cccc(C4CCCC(C(=O)O)C4)c3O)C2=O)CC1. The summed E-state index contributed by atoms with van der Waals surface area (Å²) >= 11 is 0. The highest BCUT2D eigenvalue weighted by molar-refractivity contribution is 6.68. The lowest BCUT2D eigenvalue weighted by Gasteiger charge is -2.34. The number of anilines is 1. The standard InChI is InChI=1S/C24H33N5O4/c1-3-28-12-10-18(11-13-28)29-23(31)21(15(2)27-29)26-25-20-9-5-8-19(22(20)30)16-6-4-7-17(14-16)24(32)33/h5,8-9,16-18,25,30H,3-4,6-7,10-14H2,1-2H3,(H,32,33). The summed E-state index contributed by atoms with van der Waals surface area (Å²) in [4.78, 5) is 26.8. The van der Waals surface area contributed by atoms with Gasteiger partial charge in [0.15, 0.2) is 5.71 Å². The molecular formula is C24H33N5O4. The first-order chi connectivity index (χ1) is 15.9. The second kappa shape index (κ2) is 9.91. The second-order valence-corrected chi connectivity index (χ2v) is 9.21. The van der Waals surface area contributed by atoms with Crippen LogP contribution in [0.15, 0.2) is 28.4 Å². The fraction of sp³-hybridized carbons (Fsp3) is 0.583. The topological polar surface area (TPSA) is 118 Å². The number of carbonyl (C=O) groups is 2. The summed E-state index contributed by atoms with van der Waals surface area (Å²) in [6.45, 7) is 6.83. The molecule has 1 aromatic carbocycles. The van der Waals surface area contributed by atoms with Crippen molar-refractivity contribution >= 4 is 29.0 Å². The number of para-hydroxylation sites is 1. The van der Waals surface area contributed by atoms with Crippen LogP contribution >= 0.6 is 0 Å². The molecule has 2 heterocycles. The Morgan fingerprint density at radius 2 is 2.00 bits per heavy atom. The van der Waals surface area contributed by atoms with Crippen LogP contribution in [-0.2, 0) is 9.59 Å². The molecule has 2 atom stereocenters. The molecule has 9 heteroatoms. The summed E-state index contributed by atoms with van der Waals surface area (Å²) in [6.07, 6.45) is 4.62. The number of hydrazone groups is 2. The monoisotopic (exact) mass is 455 g/mol. The van der Waals surface area contributed by atoms with Crippen LogP contribution in [0.2, 0.25) is 0 Å². The van der Waals surface area contributed by atoms with E-state index in [9.17, 15) is 19.8 Å². The van der Waals surface area contributed by atoms with E-state index < -0.39 is 5.97 Å². The molecule has 178 valence electrons. The lowest BCUT2D eigenvalue weighted by Crippen LogP contribution is -2.44. The number of carboxylic acids is 1. The molecule has 1 aromatic rings. The molecule has 33 heavy (non-hydrogen) atoms. The molecule has 0 spiro atoms. The predicted octanol–water partition coefficient (Wildman–Crippen LogP) is 3.22. The normalized spacial score (nSPS) is 26.0. The van der Waals surface area contributed by atoms with Gasteiger partial charge in [-0.3, -0.25) is 15.0 Å². The van der Waals surface area contributed by atoms with Crippen molar-refractivity contribution in [3.63, 3.8) is 0 Å². The summed E-state index contributed by atoms with van der Waals surface area (Å²) in [7, 11) is 0. The van der Waals surface area contributed by atoms with Crippen LogP contribution in [0.25, 0.3) is 0 Å². The van der Waals surface area contributed by atoms with Gasteiger partial charge in [0.2, 0.25) is 0 Å². The number of likely N-dealkylation sites (tertiary alicyclic amines) is 1. The Morgan fingerprint density at radius 1 is 1.24 bits per heavy atom. The van der Waals surface area contributed by atoms with Gasteiger partial charge >= 0.3 is 5.97 Å². The molecule has 1 saturated heterocycles. The highest BCUT2D eigenvalue weighted by atomic mass is 16.4. The van der Waals surface area contributed by atoms with Crippen molar-refractivity contribution in [3.8, 4) is 5.75 Å². The largest absolute Gasteiger partial charge is 0.505 e. The maximum Gasteiger partial charge on any atom is 0.306 e. The third-order valence-electron chi connectivity index (χ3n) is 7.18. The molecule has 9 nitrogen and oxygen atoms in total. The lowest BCUT2D eigenvalue weighted by molar-refractivity contribution is -0.143. The van der Waals surface area contributed by atoms with Crippen LogP contribution in [0.3, 0.4) is 0 Å². The van der Waals surface area contributed by atoms with E-state index in [1.54, 1.807) is 18.0 Å². The summed E-state index contributed by atoms with van der Waals surface area (Å²) in [5.74, 6) is -1.34. The molecule has 1 amide bonds. The van der Waals surface area contributed by atoms with Crippen molar-refractivity contribution in [2.24, 2.45) is 16.1 Å². The molecule has 1 aliphatic carbocycles. The van der Waals surface area contributed by atoms with Gasteiger partial charge in [-0.15, -0.1) is 0 Å².